The molecule has 0 aromatic carbocycles. The first kappa shape index (κ1) is 21.9. The van der Waals surface area contributed by atoms with E-state index in [1.165, 1.54) is 44.9 Å². The fourth-order valence-corrected chi connectivity index (χ4v) is 9.36. The Labute approximate surface area is 189 Å². The van der Waals surface area contributed by atoms with Crippen LogP contribution in [0.5, 0.6) is 0 Å². The molecule has 1 unspecified atom stereocenters. The number of aliphatic hydroxyl groups excluding tert-OH is 1. The van der Waals surface area contributed by atoms with E-state index in [1.807, 2.05) is 18.3 Å². The Hall–Kier alpha value is -0.930. The molecule has 4 saturated carbocycles. The Bertz CT molecular complexity index is 778. The molecule has 2 N–H and O–H groups in total. The summed E-state index contributed by atoms with van der Waals surface area (Å²) in [5, 5.41) is 22.0. The molecule has 0 radical (unpaired) electrons. The maximum atomic E-state index is 11.7. The minimum absolute atomic E-state index is 0.0615. The van der Waals surface area contributed by atoms with Gasteiger partial charge in [-0.3, -0.25) is 4.98 Å². The van der Waals surface area contributed by atoms with Gasteiger partial charge < -0.3 is 10.2 Å². The average molecular weight is 426 g/mol. The largest absolute Gasteiger partial charge is 0.393 e. The van der Waals surface area contributed by atoms with Gasteiger partial charge in [-0.1, -0.05) is 19.9 Å². The van der Waals surface area contributed by atoms with Crippen molar-refractivity contribution >= 4 is 0 Å². The molecule has 0 bridgehead atoms. The maximum absolute atomic E-state index is 11.7. The second-order valence-corrected chi connectivity index (χ2v) is 12.4. The molecule has 4 fully saturated rings. The van der Waals surface area contributed by atoms with Crippen LogP contribution in [0.15, 0.2) is 24.4 Å². The van der Waals surface area contributed by atoms with E-state index in [4.69, 9.17) is 0 Å². The van der Waals surface area contributed by atoms with Crippen LogP contribution in [0, 0.1) is 40.4 Å². The molecule has 0 spiro atoms. The lowest BCUT2D eigenvalue weighted by atomic mass is 9.44. The number of fused-ring (bicyclic) bond motifs is 5. The van der Waals surface area contributed by atoms with Crippen molar-refractivity contribution in [3.05, 3.63) is 30.1 Å². The van der Waals surface area contributed by atoms with Crippen LogP contribution in [0.1, 0.15) is 90.7 Å². The standard InChI is InChI=1S/C28H43NO2/c1-26-14-12-21(30)18-19(26)7-8-22-23-9-10-25(27(23,2)15-13-24(22)26)28(3,31)16-11-20-6-4-5-17-29-20/h4-6,17,19,21-25,30-31H,7-16,18H2,1-3H3/t19?,21-,22-,23-,24-,25-,26-,27-,28+/m0/s1. The summed E-state index contributed by atoms with van der Waals surface area (Å²) in [4.78, 5) is 4.48. The molecule has 1 aromatic rings. The van der Waals surface area contributed by atoms with Crippen LogP contribution in [0.2, 0.25) is 0 Å². The lowest BCUT2D eigenvalue weighted by molar-refractivity contribution is -0.144. The molecular formula is C28H43NO2. The summed E-state index contributed by atoms with van der Waals surface area (Å²) >= 11 is 0. The second kappa shape index (κ2) is 7.83. The van der Waals surface area contributed by atoms with Gasteiger partial charge in [0.15, 0.2) is 0 Å². The van der Waals surface area contributed by atoms with Gasteiger partial charge in [0.25, 0.3) is 0 Å². The fourth-order valence-electron chi connectivity index (χ4n) is 9.36. The van der Waals surface area contributed by atoms with Gasteiger partial charge in [0, 0.05) is 11.9 Å². The first-order chi connectivity index (χ1) is 14.7. The van der Waals surface area contributed by atoms with Gasteiger partial charge in [0.2, 0.25) is 0 Å². The molecule has 1 aromatic heterocycles. The highest BCUT2D eigenvalue weighted by Crippen LogP contribution is 2.68. The topological polar surface area (TPSA) is 53.4 Å². The van der Waals surface area contributed by atoms with Crippen molar-refractivity contribution in [2.75, 3.05) is 0 Å². The van der Waals surface area contributed by atoms with Gasteiger partial charge in [0.05, 0.1) is 11.7 Å². The van der Waals surface area contributed by atoms with Crippen molar-refractivity contribution in [2.24, 2.45) is 40.4 Å². The number of nitrogens with zero attached hydrogens (tertiary/aromatic N) is 1. The zero-order chi connectivity index (χ0) is 21.9. The van der Waals surface area contributed by atoms with E-state index in [1.54, 1.807) is 0 Å². The van der Waals surface area contributed by atoms with E-state index in [-0.39, 0.29) is 11.5 Å². The Kier molecular flexibility index (Phi) is 5.53. The number of aryl methyl sites for hydroxylation is 1. The molecule has 3 heteroatoms. The van der Waals surface area contributed by atoms with Crippen molar-refractivity contribution in [3.8, 4) is 0 Å². The average Bonchev–Trinajstić information content (AvgIpc) is 3.12. The van der Waals surface area contributed by atoms with E-state index in [0.717, 1.165) is 55.0 Å². The lowest BCUT2D eigenvalue weighted by Crippen LogP contribution is -2.55. The highest BCUT2D eigenvalue weighted by Gasteiger charge is 2.62. The number of aliphatic hydroxyl groups is 2. The third kappa shape index (κ3) is 3.59. The summed E-state index contributed by atoms with van der Waals surface area (Å²) in [6.45, 7) is 7.21. The quantitative estimate of drug-likeness (QED) is 0.642. The molecule has 1 heterocycles. The minimum Gasteiger partial charge on any atom is -0.393 e. The van der Waals surface area contributed by atoms with Crippen LogP contribution in [-0.2, 0) is 6.42 Å². The Morgan fingerprint density at radius 3 is 2.55 bits per heavy atom. The van der Waals surface area contributed by atoms with Gasteiger partial charge in [-0.2, -0.15) is 0 Å². The van der Waals surface area contributed by atoms with Crippen LogP contribution in [0.25, 0.3) is 0 Å². The summed E-state index contributed by atoms with van der Waals surface area (Å²) in [7, 11) is 0. The van der Waals surface area contributed by atoms with E-state index in [2.05, 4.69) is 31.8 Å². The minimum atomic E-state index is -0.621. The fraction of sp³-hybridized carbons (Fsp3) is 0.821. The number of hydrogen-bond donors (Lipinski definition) is 2. The number of aromatic nitrogens is 1. The molecule has 5 rings (SSSR count). The molecule has 0 aliphatic heterocycles. The molecule has 9 atom stereocenters. The molecular weight excluding hydrogens is 382 g/mol. The third-order valence-electron chi connectivity index (χ3n) is 11.0. The summed E-state index contributed by atoms with van der Waals surface area (Å²) in [5.74, 6) is 3.54. The summed E-state index contributed by atoms with van der Waals surface area (Å²) in [6.07, 6.45) is 14.5. The summed E-state index contributed by atoms with van der Waals surface area (Å²) in [6, 6.07) is 6.10. The van der Waals surface area contributed by atoms with Gasteiger partial charge in [-0.05, 0) is 130 Å². The number of pyridine rings is 1. The van der Waals surface area contributed by atoms with Crippen LogP contribution in [0.4, 0.5) is 0 Å². The predicted octanol–water partition coefficient (Wildman–Crippen LogP) is 5.79. The van der Waals surface area contributed by atoms with E-state index < -0.39 is 5.60 Å². The molecule has 3 nitrogen and oxygen atoms in total. The van der Waals surface area contributed by atoms with Crippen LogP contribution in [0.3, 0.4) is 0 Å². The van der Waals surface area contributed by atoms with Crippen LogP contribution < -0.4 is 0 Å². The van der Waals surface area contributed by atoms with Crippen molar-refractivity contribution in [1.29, 1.82) is 0 Å². The van der Waals surface area contributed by atoms with E-state index >= 15 is 0 Å². The van der Waals surface area contributed by atoms with Crippen molar-refractivity contribution in [1.82, 2.24) is 4.98 Å². The van der Waals surface area contributed by atoms with Gasteiger partial charge in [-0.25, -0.2) is 0 Å². The summed E-state index contributed by atoms with van der Waals surface area (Å²) in [5.41, 5.74) is 1.18. The normalized spacial score (nSPS) is 46.5. The van der Waals surface area contributed by atoms with E-state index in [0.29, 0.717) is 11.3 Å². The lowest BCUT2D eigenvalue weighted by Gasteiger charge is -2.61. The molecule has 0 saturated heterocycles. The number of hydrogen-bond acceptors (Lipinski definition) is 3. The van der Waals surface area contributed by atoms with Crippen LogP contribution >= 0.6 is 0 Å². The number of rotatable bonds is 4. The highest BCUT2D eigenvalue weighted by atomic mass is 16.3. The second-order valence-electron chi connectivity index (χ2n) is 12.4. The molecule has 4 aliphatic rings. The Morgan fingerprint density at radius 1 is 1.00 bits per heavy atom. The van der Waals surface area contributed by atoms with Gasteiger partial charge in [0.1, 0.15) is 0 Å². The smallest absolute Gasteiger partial charge is 0.0656 e. The van der Waals surface area contributed by atoms with Gasteiger partial charge >= 0.3 is 0 Å². The molecule has 0 amide bonds. The third-order valence-corrected chi connectivity index (χ3v) is 11.0. The SMILES string of the molecule is C[C@]12CC[C@H]3[C@@H](CCC4C[C@@H](O)CC[C@@]43C)[C@@H]1CC[C@@H]2[C@](C)(O)CCc1ccccn1. The zero-order valence-electron chi connectivity index (χ0n) is 19.9. The molecule has 31 heavy (non-hydrogen) atoms. The maximum Gasteiger partial charge on any atom is 0.0656 e. The van der Waals surface area contributed by atoms with Crippen LogP contribution in [-0.4, -0.2) is 26.9 Å². The van der Waals surface area contributed by atoms with Gasteiger partial charge in [-0.15, -0.1) is 0 Å². The predicted molar refractivity (Wildman–Crippen MR) is 124 cm³/mol. The van der Waals surface area contributed by atoms with Crippen molar-refractivity contribution in [2.45, 2.75) is 103 Å². The first-order valence-corrected chi connectivity index (χ1v) is 13.0. The molecule has 172 valence electrons. The summed E-state index contributed by atoms with van der Waals surface area (Å²) < 4.78 is 0. The Morgan fingerprint density at radius 2 is 1.77 bits per heavy atom. The van der Waals surface area contributed by atoms with Crippen molar-refractivity contribution in [3.63, 3.8) is 0 Å². The molecule has 4 aliphatic carbocycles. The highest BCUT2D eigenvalue weighted by molar-refractivity contribution is 5.12. The van der Waals surface area contributed by atoms with E-state index in [9.17, 15) is 10.2 Å². The Balaban J connectivity index is 1.33. The zero-order valence-corrected chi connectivity index (χ0v) is 19.9. The van der Waals surface area contributed by atoms with Crippen molar-refractivity contribution < 1.29 is 10.2 Å². The monoisotopic (exact) mass is 425 g/mol. The first-order valence-electron chi connectivity index (χ1n) is 13.0.